The van der Waals surface area contributed by atoms with Gasteiger partial charge in [-0.05, 0) is 6.42 Å². The van der Waals surface area contributed by atoms with Crippen LogP contribution in [-0.2, 0) is 4.74 Å². The summed E-state index contributed by atoms with van der Waals surface area (Å²) in [4.78, 5) is 0. The van der Waals surface area contributed by atoms with Gasteiger partial charge in [0.2, 0.25) is 0 Å². The molecule has 2 aliphatic rings. The van der Waals surface area contributed by atoms with Crippen LogP contribution in [0.5, 0.6) is 0 Å². The maximum absolute atomic E-state index is 5.12. The van der Waals surface area contributed by atoms with E-state index >= 15 is 0 Å². The third-order valence-corrected chi connectivity index (χ3v) is 1.47. The summed E-state index contributed by atoms with van der Waals surface area (Å²) in [5.41, 5.74) is 1.33. The Morgan fingerprint density at radius 2 is 2.43 bits per heavy atom. The van der Waals surface area contributed by atoms with Crippen LogP contribution in [0.25, 0.3) is 0 Å². The highest BCUT2D eigenvalue weighted by Crippen LogP contribution is 2.29. The van der Waals surface area contributed by atoms with Crippen molar-refractivity contribution in [3.05, 3.63) is 11.5 Å². The van der Waals surface area contributed by atoms with Gasteiger partial charge in [-0.2, -0.15) is 0 Å². The standard InChI is InChI=1S/C5H7NO/c1-2-5-4(1)6-3-7-5/h6H,1-3H2. The van der Waals surface area contributed by atoms with Gasteiger partial charge in [0.05, 0.1) is 5.70 Å². The van der Waals surface area contributed by atoms with Crippen molar-refractivity contribution in [1.82, 2.24) is 5.32 Å². The van der Waals surface area contributed by atoms with Crippen molar-refractivity contribution in [3.63, 3.8) is 0 Å². The Morgan fingerprint density at radius 1 is 1.43 bits per heavy atom. The zero-order valence-electron chi connectivity index (χ0n) is 4.03. The van der Waals surface area contributed by atoms with Crippen LogP contribution in [0.4, 0.5) is 0 Å². The van der Waals surface area contributed by atoms with E-state index in [-0.39, 0.29) is 0 Å². The molecule has 0 bridgehead atoms. The fraction of sp³-hybridized carbons (Fsp3) is 0.600. The SMILES string of the molecule is C1NC2=C(CC2)O1. The molecule has 1 aliphatic heterocycles. The molecule has 7 heavy (non-hydrogen) atoms. The van der Waals surface area contributed by atoms with Gasteiger partial charge < -0.3 is 10.1 Å². The molecule has 38 valence electrons. The second-order valence-electron chi connectivity index (χ2n) is 1.87. The van der Waals surface area contributed by atoms with Crippen molar-refractivity contribution in [2.45, 2.75) is 12.8 Å². The molecule has 0 fully saturated rings. The van der Waals surface area contributed by atoms with Gasteiger partial charge in [0.15, 0.2) is 6.73 Å². The number of nitrogens with one attached hydrogen (secondary N) is 1. The molecule has 2 rings (SSSR count). The summed E-state index contributed by atoms with van der Waals surface area (Å²) < 4.78 is 5.12. The van der Waals surface area contributed by atoms with Crippen LogP contribution in [0.15, 0.2) is 11.5 Å². The first-order valence-corrected chi connectivity index (χ1v) is 2.55. The minimum Gasteiger partial charge on any atom is -0.476 e. The number of allylic oxidation sites excluding steroid dienone is 2. The quantitative estimate of drug-likeness (QED) is 0.477. The Morgan fingerprint density at radius 3 is 2.71 bits per heavy atom. The monoisotopic (exact) mass is 97.1 g/mol. The Balaban J connectivity index is 2.29. The van der Waals surface area contributed by atoms with Crippen LogP contribution in [0.2, 0.25) is 0 Å². The van der Waals surface area contributed by atoms with Gasteiger partial charge in [-0.15, -0.1) is 0 Å². The molecule has 2 heteroatoms. The zero-order chi connectivity index (χ0) is 4.69. The summed E-state index contributed by atoms with van der Waals surface area (Å²) in [5.74, 6) is 1.19. The van der Waals surface area contributed by atoms with Gasteiger partial charge in [-0.25, -0.2) is 0 Å². The van der Waals surface area contributed by atoms with Crippen LogP contribution < -0.4 is 5.32 Å². The normalized spacial score (nSPS) is 25.1. The van der Waals surface area contributed by atoms with Gasteiger partial charge in [0.1, 0.15) is 5.76 Å². The molecule has 0 aromatic rings. The van der Waals surface area contributed by atoms with Crippen molar-refractivity contribution < 1.29 is 4.74 Å². The summed E-state index contributed by atoms with van der Waals surface area (Å²) >= 11 is 0. The Labute approximate surface area is 42.2 Å². The van der Waals surface area contributed by atoms with Crippen LogP contribution in [0, 0.1) is 0 Å². The van der Waals surface area contributed by atoms with Crippen molar-refractivity contribution in [2.75, 3.05) is 6.73 Å². The van der Waals surface area contributed by atoms with Gasteiger partial charge in [0, 0.05) is 6.42 Å². The first kappa shape index (κ1) is 3.36. The van der Waals surface area contributed by atoms with Crippen LogP contribution in [-0.4, -0.2) is 6.73 Å². The van der Waals surface area contributed by atoms with E-state index in [0.29, 0.717) is 6.73 Å². The highest BCUT2D eigenvalue weighted by Gasteiger charge is 2.22. The number of rotatable bonds is 0. The lowest BCUT2D eigenvalue weighted by Crippen LogP contribution is -2.10. The molecular formula is C5H7NO. The van der Waals surface area contributed by atoms with Crippen LogP contribution >= 0.6 is 0 Å². The lowest BCUT2D eigenvalue weighted by Gasteiger charge is -2.11. The molecule has 0 spiro atoms. The smallest absolute Gasteiger partial charge is 0.158 e. The second-order valence-corrected chi connectivity index (χ2v) is 1.87. The van der Waals surface area contributed by atoms with Crippen molar-refractivity contribution in [1.29, 1.82) is 0 Å². The van der Waals surface area contributed by atoms with E-state index in [9.17, 15) is 0 Å². The predicted molar refractivity (Wildman–Crippen MR) is 25.3 cm³/mol. The maximum Gasteiger partial charge on any atom is 0.158 e. The molecule has 2 nitrogen and oxygen atoms in total. The second kappa shape index (κ2) is 0.941. The lowest BCUT2D eigenvalue weighted by atomic mass is 10.1. The summed E-state index contributed by atoms with van der Waals surface area (Å²) in [7, 11) is 0. The summed E-state index contributed by atoms with van der Waals surface area (Å²) in [6.07, 6.45) is 2.36. The third kappa shape index (κ3) is 0.290. The first-order valence-electron chi connectivity index (χ1n) is 2.55. The average Bonchev–Trinajstić information content (AvgIpc) is 1.85. The van der Waals surface area contributed by atoms with Crippen LogP contribution in [0.3, 0.4) is 0 Å². The molecule has 0 saturated heterocycles. The Hall–Kier alpha value is -0.660. The van der Waals surface area contributed by atoms with Crippen LogP contribution in [0.1, 0.15) is 12.8 Å². The van der Waals surface area contributed by atoms with Gasteiger partial charge in [0.25, 0.3) is 0 Å². The molecule has 0 amide bonds. The van der Waals surface area contributed by atoms with E-state index in [0.717, 1.165) is 6.42 Å². The van der Waals surface area contributed by atoms with E-state index in [2.05, 4.69) is 5.32 Å². The van der Waals surface area contributed by atoms with Gasteiger partial charge in [-0.3, -0.25) is 0 Å². The highest BCUT2D eigenvalue weighted by atomic mass is 16.5. The predicted octanol–water partition coefficient (Wildman–Crippen LogP) is 0.569. The first-order chi connectivity index (χ1) is 3.47. The molecule has 0 aromatic heterocycles. The Kier molecular flexibility index (Phi) is 0.451. The average molecular weight is 97.1 g/mol. The van der Waals surface area contributed by atoms with Crippen molar-refractivity contribution >= 4 is 0 Å². The fourth-order valence-corrected chi connectivity index (χ4v) is 0.909. The third-order valence-electron chi connectivity index (χ3n) is 1.47. The van der Waals surface area contributed by atoms with Crippen molar-refractivity contribution in [3.8, 4) is 0 Å². The summed E-state index contributed by atoms with van der Waals surface area (Å²) in [5, 5.41) is 3.11. The fourth-order valence-electron chi connectivity index (χ4n) is 0.909. The minimum absolute atomic E-state index is 0.713. The number of hydrogen-bond acceptors (Lipinski definition) is 2. The molecule has 1 heterocycles. The van der Waals surface area contributed by atoms with E-state index in [4.69, 9.17) is 4.74 Å². The largest absolute Gasteiger partial charge is 0.476 e. The highest BCUT2D eigenvalue weighted by molar-refractivity contribution is 5.19. The van der Waals surface area contributed by atoms with E-state index < -0.39 is 0 Å². The Bertz CT molecular complexity index is 114. The van der Waals surface area contributed by atoms with E-state index in [1.54, 1.807) is 0 Å². The van der Waals surface area contributed by atoms with Gasteiger partial charge in [-0.1, -0.05) is 0 Å². The summed E-state index contributed by atoms with van der Waals surface area (Å²) in [6, 6.07) is 0. The maximum atomic E-state index is 5.12. The number of ether oxygens (including phenoxy) is 1. The molecule has 1 aliphatic carbocycles. The zero-order valence-corrected chi connectivity index (χ0v) is 4.03. The molecule has 1 N–H and O–H groups in total. The van der Waals surface area contributed by atoms with Gasteiger partial charge >= 0.3 is 0 Å². The molecule has 0 radical (unpaired) electrons. The topological polar surface area (TPSA) is 21.3 Å². The minimum atomic E-state index is 0.713. The van der Waals surface area contributed by atoms with E-state index in [1.165, 1.54) is 17.9 Å². The molecule has 0 aromatic carbocycles. The lowest BCUT2D eigenvalue weighted by molar-refractivity contribution is 0.222. The molecule has 0 atom stereocenters. The molecule has 0 saturated carbocycles. The molecule has 0 unspecified atom stereocenters. The number of hydrogen-bond donors (Lipinski definition) is 1. The summed E-state index contributed by atoms with van der Waals surface area (Å²) in [6.45, 7) is 0.713. The van der Waals surface area contributed by atoms with Crippen molar-refractivity contribution in [2.24, 2.45) is 0 Å². The van der Waals surface area contributed by atoms with E-state index in [1.807, 2.05) is 0 Å². The molecular weight excluding hydrogens is 90.1 g/mol.